The zero-order valence-electron chi connectivity index (χ0n) is 9.23. The molecule has 0 spiro atoms. The first-order valence-corrected chi connectivity index (χ1v) is 4.94. The SMILES string of the molecule is Nc1n[nH]nc1C(=O)Oc1ccccc1C(F)(F)F. The lowest BCUT2D eigenvalue weighted by molar-refractivity contribution is -0.138. The van der Waals surface area contributed by atoms with Crippen LogP contribution in [-0.2, 0) is 6.18 Å². The molecule has 2 rings (SSSR count). The summed E-state index contributed by atoms with van der Waals surface area (Å²) in [6.07, 6.45) is -4.63. The highest BCUT2D eigenvalue weighted by Gasteiger charge is 2.35. The average Bonchev–Trinajstić information content (AvgIpc) is 2.75. The summed E-state index contributed by atoms with van der Waals surface area (Å²) in [5.41, 5.74) is 3.85. The molecule has 0 saturated heterocycles. The van der Waals surface area contributed by atoms with Crippen LogP contribution in [0.4, 0.5) is 19.0 Å². The van der Waals surface area contributed by atoms with Crippen molar-refractivity contribution in [1.29, 1.82) is 0 Å². The highest BCUT2D eigenvalue weighted by molar-refractivity contribution is 5.93. The Kier molecular flexibility index (Phi) is 3.11. The molecule has 0 saturated carbocycles. The van der Waals surface area contributed by atoms with Gasteiger partial charge in [0.25, 0.3) is 0 Å². The highest BCUT2D eigenvalue weighted by Crippen LogP contribution is 2.36. The van der Waals surface area contributed by atoms with E-state index in [1.165, 1.54) is 12.1 Å². The quantitative estimate of drug-likeness (QED) is 0.640. The number of H-pyrrole nitrogens is 1. The Bertz CT molecular complexity index is 609. The van der Waals surface area contributed by atoms with Gasteiger partial charge in [0.1, 0.15) is 5.75 Å². The first-order chi connectivity index (χ1) is 8.89. The largest absolute Gasteiger partial charge is 0.421 e. The molecule has 0 bridgehead atoms. The van der Waals surface area contributed by atoms with Gasteiger partial charge in [0.2, 0.25) is 5.69 Å². The lowest BCUT2D eigenvalue weighted by Crippen LogP contribution is -2.15. The average molecular weight is 272 g/mol. The molecule has 3 N–H and O–H groups in total. The first-order valence-electron chi connectivity index (χ1n) is 4.94. The molecule has 9 heteroatoms. The van der Waals surface area contributed by atoms with E-state index in [2.05, 4.69) is 20.1 Å². The molecule has 19 heavy (non-hydrogen) atoms. The zero-order chi connectivity index (χ0) is 14.0. The predicted molar refractivity (Wildman–Crippen MR) is 57.2 cm³/mol. The second kappa shape index (κ2) is 4.59. The van der Waals surface area contributed by atoms with E-state index < -0.39 is 23.5 Å². The monoisotopic (exact) mass is 272 g/mol. The maximum absolute atomic E-state index is 12.7. The third kappa shape index (κ3) is 2.64. The van der Waals surface area contributed by atoms with Gasteiger partial charge in [-0.25, -0.2) is 4.79 Å². The molecule has 0 aliphatic rings. The van der Waals surface area contributed by atoms with Crippen LogP contribution < -0.4 is 10.5 Å². The fraction of sp³-hybridized carbons (Fsp3) is 0.100. The van der Waals surface area contributed by atoms with E-state index in [1.54, 1.807) is 0 Å². The number of nitrogen functional groups attached to an aromatic ring is 1. The van der Waals surface area contributed by atoms with Crippen molar-refractivity contribution in [3.63, 3.8) is 0 Å². The van der Waals surface area contributed by atoms with E-state index in [4.69, 9.17) is 5.73 Å². The standard InChI is InChI=1S/C10H7F3N4O2/c11-10(12,13)5-3-1-2-4-6(5)19-9(18)7-8(14)16-17-15-7/h1-4H,(H3,14,15,16,17). The number of nitrogens with one attached hydrogen (secondary N) is 1. The zero-order valence-corrected chi connectivity index (χ0v) is 9.23. The maximum atomic E-state index is 12.7. The predicted octanol–water partition coefficient (Wildman–Crippen LogP) is 1.62. The fourth-order valence-corrected chi connectivity index (χ4v) is 1.33. The Hall–Kier alpha value is -2.58. The molecule has 1 aromatic heterocycles. The number of alkyl halides is 3. The van der Waals surface area contributed by atoms with Crippen molar-refractivity contribution in [2.24, 2.45) is 0 Å². The van der Waals surface area contributed by atoms with Gasteiger partial charge < -0.3 is 10.5 Å². The fourth-order valence-electron chi connectivity index (χ4n) is 1.33. The van der Waals surface area contributed by atoms with Crippen molar-refractivity contribution in [3.05, 3.63) is 35.5 Å². The summed E-state index contributed by atoms with van der Waals surface area (Å²) in [5, 5.41) is 8.82. The molecule has 1 heterocycles. The number of aromatic amines is 1. The lowest BCUT2D eigenvalue weighted by atomic mass is 10.2. The van der Waals surface area contributed by atoms with Gasteiger partial charge in [0.15, 0.2) is 5.82 Å². The Labute approximate surface area is 104 Å². The van der Waals surface area contributed by atoms with Crippen molar-refractivity contribution < 1.29 is 22.7 Å². The summed E-state index contributed by atoms with van der Waals surface area (Å²) in [4.78, 5) is 11.6. The van der Waals surface area contributed by atoms with Gasteiger partial charge >= 0.3 is 12.1 Å². The van der Waals surface area contributed by atoms with E-state index in [9.17, 15) is 18.0 Å². The number of benzene rings is 1. The van der Waals surface area contributed by atoms with E-state index >= 15 is 0 Å². The molecular weight excluding hydrogens is 265 g/mol. The van der Waals surface area contributed by atoms with Crippen molar-refractivity contribution in [2.75, 3.05) is 5.73 Å². The first kappa shape index (κ1) is 12.9. The van der Waals surface area contributed by atoms with E-state index in [0.29, 0.717) is 0 Å². The molecule has 0 unspecified atom stereocenters. The maximum Gasteiger partial charge on any atom is 0.419 e. The smallest absolute Gasteiger partial charge is 0.419 e. The number of aromatic nitrogens is 3. The minimum absolute atomic E-state index is 0.255. The topological polar surface area (TPSA) is 93.9 Å². The van der Waals surface area contributed by atoms with Gasteiger partial charge in [0.05, 0.1) is 5.56 Å². The molecule has 6 nitrogen and oxygen atoms in total. The number of esters is 1. The number of hydrogen-bond acceptors (Lipinski definition) is 5. The normalized spacial score (nSPS) is 11.3. The van der Waals surface area contributed by atoms with Gasteiger partial charge in [0, 0.05) is 0 Å². The van der Waals surface area contributed by atoms with Crippen LogP contribution in [0.5, 0.6) is 5.75 Å². The van der Waals surface area contributed by atoms with Gasteiger partial charge in [-0.2, -0.15) is 18.4 Å². The van der Waals surface area contributed by atoms with Gasteiger partial charge in [-0.1, -0.05) is 12.1 Å². The second-order valence-electron chi connectivity index (χ2n) is 3.44. The summed E-state index contributed by atoms with van der Waals surface area (Å²) < 4.78 is 42.6. The van der Waals surface area contributed by atoms with Crippen LogP contribution in [0.25, 0.3) is 0 Å². The Morgan fingerprint density at radius 2 is 1.95 bits per heavy atom. The van der Waals surface area contributed by atoms with Crippen LogP contribution in [0, 0.1) is 0 Å². The van der Waals surface area contributed by atoms with E-state index in [1.807, 2.05) is 0 Å². The summed E-state index contributed by atoms with van der Waals surface area (Å²) in [6.45, 7) is 0. The van der Waals surface area contributed by atoms with E-state index in [-0.39, 0.29) is 11.5 Å². The third-order valence-corrected chi connectivity index (χ3v) is 2.16. The van der Waals surface area contributed by atoms with Crippen LogP contribution in [0.15, 0.2) is 24.3 Å². The van der Waals surface area contributed by atoms with Gasteiger partial charge in [-0.3, -0.25) is 0 Å². The van der Waals surface area contributed by atoms with Crippen molar-refractivity contribution >= 4 is 11.8 Å². The number of para-hydroxylation sites is 1. The highest BCUT2D eigenvalue weighted by atomic mass is 19.4. The number of carbonyl (C=O) groups is 1. The number of hydrogen-bond donors (Lipinski definition) is 2. The molecular formula is C10H7F3N4O2. The molecule has 0 atom stereocenters. The van der Waals surface area contributed by atoms with Crippen LogP contribution in [-0.4, -0.2) is 21.4 Å². The van der Waals surface area contributed by atoms with Crippen LogP contribution >= 0.6 is 0 Å². The molecule has 2 aromatic rings. The summed E-state index contributed by atoms with van der Waals surface area (Å²) in [5.74, 6) is -2.00. The molecule has 0 radical (unpaired) electrons. The number of ether oxygens (including phenoxy) is 1. The molecule has 1 aromatic carbocycles. The summed E-state index contributed by atoms with van der Waals surface area (Å²) in [6, 6.07) is 4.32. The number of nitrogens with two attached hydrogens (primary N) is 1. The summed E-state index contributed by atoms with van der Waals surface area (Å²) in [7, 11) is 0. The number of rotatable bonds is 2. The van der Waals surface area contributed by atoms with Crippen molar-refractivity contribution in [3.8, 4) is 5.75 Å². The third-order valence-electron chi connectivity index (χ3n) is 2.16. The molecule has 0 fully saturated rings. The molecule has 0 amide bonds. The van der Waals surface area contributed by atoms with E-state index in [0.717, 1.165) is 12.1 Å². The second-order valence-corrected chi connectivity index (χ2v) is 3.44. The number of anilines is 1. The van der Waals surface area contributed by atoms with Crippen LogP contribution in [0.2, 0.25) is 0 Å². The Morgan fingerprint density at radius 1 is 1.26 bits per heavy atom. The number of carbonyl (C=O) groups excluding carboxylic acids is 1. The Morgan fingerprint density at radius 3 is 2.53 bits per heavy atom. The van der Waals surface area contributed by atoms with Crippen LogP contribution in [0.1, 0.15) is 16.1 Å². The Balaban J connectivity index is 2.30. The minimum Gasteiger partial charge on any atom is -0.421 e. The molecule has 0 aliphatic heterocycles. The van der Waals surface area contributed by atoms with Gasteiger partial charge in [-0.05, 0) is 12.1 Å². The number of halogens is 3. The molecule has 100 valence electrons. The van der Waals surface area contributed by atoms with Crippen molar-refractivity contribution in [2.45, 2.75) is 6.18 Å². The number of nitrogens with zero attached hydrogens (tertiary/aromatic N) is 2. The van der Waals surface area contributed by atoms with Gasteiger partial charge in [-0.15, -0.1) is 10.2 Å². The minimum atomic E-state index is -4.63. The lowest BCUT2D eigenvalue weighted by Gasteiger charge is -2.11. The summed E-state index contributed by atoms with van der Waals surface area (Å²) >= 11 is 0. The van der Waals surface area contributed by atoms with Crippen LogP contribution in [0.3, 0.4) is 0 Å². The van der Waals surface area contributed by atoms with Crippen molar-refractivity contribution in [1.82, 2.24) is 15.4 Å². The molecule has 0 aliphatic carbocycles.